The maximum atomic E-state index is 11.6. The quantitative estimate of drug-likeness (QED) is 0.693. The highest BCUT2D eigenvalue weighted by molar-refractivity contribution is 5.76. The first-order valence-electron chi connectivity index (χ1n) is 6.38. The molecule has 0 aliphatic carbocycles. The lowest BCUT2D eigenvalue weighted by molar-refractivity contribution is -0.121. The molecule has 1 amide bonds. The van der Waals surface area contributed by atoms with Gasteiger partial charge in [-0.3, -0.25) is 4.79 Å². The van der Waals surface area contributed by atoms with Crippen LogP contribution < -0.4 is 10.1 Å². The monoisotopic (exact) mass is 266 g/mol. The molecule has 1 heterocycles. The van der Waals surface area contributed by atoms with Crippen LogP contribution in [0.2, 0.25) is 0 Å². The van der Waals surface area contributed by atoms with Crippen molar-refractivity contribution in [3.63, 3.8) is 0 Å². The third-order valence-electron chi connectivity index (χ3n) is 2.61. The van der Waals surface area contributed by atoms with E-state index >= 15 is 0 Å². The number of methoxy groups -OCH3 is 1. The number of hydrogen-bond acceptors (Lipinski definition) is 5. The molecule has 0 aromatic carbocycles. The van der Waals surface area contributed by atoms with Crippen molar-refractivity contribution in [2.75, 3.05) is 34.3 Å². The number of carbonyl (C=O) groups is 1. The van der Waals surface area contributed by atoms with E-state index in [2.05, 4.69) is 20.2 Å². The van der Waals surface area contributed by atoms with Crippen molar-refractivity contribution in [2.45, 2.75) is 19.3 Å². The minimum absolute atomic E-state index is 0.0644. The van der Waals surface area contributed by atoms with Crippen LogP contribution in [0.15, 0.2) is 12.4 Å². The molecule has 0 radical (unpaired) electrons. The van der Waals surface area contributed by atoms with Gasteiger partial charge < -0.3 is 15.0 Å². The molecule has 0 bridgehead atoms. The predicted molar refractivity (Wildman–Crippen MR) is 73.1 cm³/mol. The van der Waals surface area contributed by atoms with Crippen molar-refractivity contribution < 1.29 is 9.53 Å². The van der Waals surface area contributed by atoms with Crippen molar-refractivity contribution in [3.8, 4) is 6.01 Å². The Bertz CT molecular complexity index is 379. The molecule has 1 N–H and O–H groups in total. The number of aromatic nitrogens is 2. The molecule has 0 saturated carbocycles. The average molecular weight is 266 g/mol. The van der Waals surface area contributed by atoms with Crippen LogP contribution in [-0.4, -0.2) is 55.1 Å². The van der Waals surface area contributed by atoms with Gasteiger partial charge in [-0.1, -0.05) is 0 Å². The molecule has 0 atom stereocenters. The van der Waals surface area contributed by atoms with Crippen LogP contribution in [0.1, 0.15) is 18.4 Å². The highest BCUT2D eigenvalue weighted by Gasteiger charge is 2.03. The fourth-order valence-corrected chi connectivity index (χ4v) is 1.55. The second kappa shape index (κ2) is 8.42. The molecule has 0 fully saturated rings. The minimum Gasteiger partial charge on any atom is -0.467 e. The Balaban J connectivity index is 2.18. The standard InChI is InChI=1S/C13H22N4O2/c1-17(2)8-4-7-14-12(18)6-5-11-9-15-13(19-3)16-10-11/h9-10H,4-8H2,1-3H3,(H,14,18). The van der Waals surface area contributed by atoms with Crippen molar-refractivity contribution in [1.82, 2.24) is 20.2 Å². The van der Waals surface area contributed by atoms with Gasteiger partial charge in [0, 0.05) is 25.4 Å². The van der Waals surface area contributed by atoms with Crippen molar-refractivity contribution in [1.29, 1.82) is 0 Å². The van der Waals surface area contributed by atoms with Gasteiger partial charge in [0.15, 0.2) is 0 Å². The van der Waals surface area contributed by atoms with Gasteiger partial charge in [0.1, 0.15) is 0 Å². The molecule has 1 aromatic rings. The van der Waals surface area contributed by atoms with Crippen LogP contribution in [0, 0.1) is 0 Å². The summed E-state index contributed by atoms with van der Waals surface area (Å²) in [5.41, 5.74) is 0.934. The molecule has 0 aliphatic heterocycles. The van der Waals surface area contributed by atoms with E-state index in [1.807, 2.05) is 14.1 Å². The molecule has 6 nitrogen and oxygen atoms in total. The van der Waals surface area contributed by atoms with Crippen LogP contribution in [-0.2, 0) is 11.2 Å². The highest BCUT2D eigenvalue weighted by atomic mass is 16.5. The van der Waals surface area contributed by atoms with Gasteiger partial charge in [-0.25, -0.2) is 9.97 Å². The Morgan fingerprint density at radius 2 is 2.05 bits per heavy atom. The Hall–Kier alpha value is -1.69. The first-order chi connectivity index (χ1) is 9.11. The number of nitrogens with zero attached hydrogens (tertiary/aromatic N) is 3. The van der Waals surface area contributed by atoms with E-state index in [1.54, 1.807) is 12.4 Å². The fraction of sp³-hybridized carbons (Fsp3) is 0.615. The highest BCUT2D eigenvalue weighted by Crippen LogP contribution is 2.04. The van der Waals surface area contributed by atoms with E-state index < -0.39 is 0 Å². The largest absolute Gasteiger partial charge is 0.467 e. The number of amides is 1. The Morgan fingerprint density at radius 3 is 2.63 bits per heavy atom. The zero-order valence-corrected chi connectivity index (χ0v) is 11.8. The molecule has 106 valence electrons. The van der Waals surface area contributed by atoms with Gasteiger partial charge in [-0.05, 0) is 39.0 Å². The Labute approximate surface area is 114 Å². The fourth-order valence-electron chi connectivity index (χ4n) is 1.55. The van der Waals surface area contributed by atoms with Gasteiger partial charge in [-0.2, -0.15) is 0 Å². The summed E-state index contributed by atoms with van der Waals surface area (Å²) >= 11 is 0. The molecule has 0 unspecified atom stereocenters. The number of carbonyl (C=O) groups excluding carboxylic acids is 1. The Morgan fingerprint density at radius 1 is 1.37 bits per heavy atom. The summed E-state index contributed by atoms with van der Waals surface area (Å²) in [7, 11) is 5.56. The van der Waals surface area contributed by atoms with Crippen LogP contribution in [0.5, 0.6) is 6.01 Å². The lowest BCUT2D eigenvalue weighted by Gasteiger charge is -2.09. The first-order valence-corrected chi connectivity index (χ1v) is 6.38. The number of nitrogens with one attached hydrogen (secondary N) is 1. The van der Waals surface area contributed by atoms with Gasteiger partial charge >= 0.3 is 6.01 Å². The smallest absolute Gasteiger partial charge is 0.316 e. The predicted octanol–water partition coefficient (Wildman–Crippen LogP) is 0.486. The summed E-state index contributed by atoms with van der Waals surface area (Å²) in [5, 5.41) is 2.90. The van der Waals surface area contributed by atoms with Crippen LogP contribution in [0.25, 0.3) is 0 Å². The Kier molecular flexibility index (Phi) is 6.81. The summed E-state index contributed by atoms with van der Waals surface area (Å²) in [6.45, 7) is 1.70. The lowest BCUT2D eigenvalue weighted by atomic mass is 10.2. The van der Waals surface area contributed by atoms with E-state index in [1.165, 1.54) is 7.11 Å². The number of rotatable bonds is 8. The molecular formula is C13H22N4O2. The van der Waals surface area contributed by atoms with Gasteiger partial charge in [0.25, 0.3) is 0 Å². The van der Waals surface area contributed by atoms with Crippen LogP contribution in [0.3, 0.4) is 0 Å². The summed E-state index contributed by atoms with van der Waals surface area (Å²) in [6, 6.07) is 0.344. The molecule has 1 rings (SSSR count). The maximum Gasteiger partial charge on any atom is 0.316 e. The summed E-state index contributed by atoms with van der Waals surface area (Å²) in [6.07, 6.45) is 5.43. The summed E-state index contributed by atoms with van der Waals surface area (Å²) in [5.74, 6) is 0.0644. The molecule has 19 heavy (non-hydrogen) atoms. The molecule has 0 spiro atoms. The molecule has 1 aromatic heterocycles. The number of ether oxygens (including phenoxy) is 1. The van der Waals surface area contributed by atoms with Crippen LogP contribution in [0.4, 0.5) is 0 Å². The van der Waals surface area contributed by atoms with E-state index in [0.717, 1.165) is 25.1 Å². The van der Waals surface area contributed by atoms with Crippen molar-refractivity contribution >= 4 is 5.91 Å². The molecule has 6 heteroatoms. The third-order valence-corrected chi connectivity index (χ3v) is 2.61. The molecular weight excluding hydrogens is 244 g/mol. The van der Waals surface area contributed by atoms with Gasteiger partial charge in [-0.15, -0.1) is 0 Å². The van der Waals surface area contributed by atoms with E-state index in [4.69, 9.17) is 4.74 Å². The minimum atomic E-state index is 0.0644. The summed E-state index contributed by atoms with van der Waals surface area (Å²) < 4.78 is 4.87. The molecule has 0 aliphatic rings. The molecule has 0 saturated heterocycles. The zero-order chi connectivity index (χ0) is 14.1. The van der Waals surface area contributed by atoms with Crippen molar-refractivity contribution in [3.05, 3.63) is 18.0 Å². The van der Waals surface area contributed by atoms with Gasteiger partial charge in [0.2, 0.25) is 5.91 Å². The third kappa shape index (κ3) is 6.71. The summed E-state index contributed by atoms with van der Waals surface area (Å²) in [4.78, 5) is 21.7. The van der Waals surface area contributed by atoms with E-state index in [0.29, 0.717) is 18.9 Å². The average Bonchev–Trinajstić information content (AvgIpc) is 2.41. The second-order valence-corrected chi connectivity index (χ2v) is 4.58. The maximum absolute atomic E-state index is 11.6. The lowest BCUT2D eigenvalue weighted by Crippen LogP contribution is -2.27. The number of hydrogen-bond donors (Lipinski definition) is 1. The topological polar surface area (TPSA) is 67.3 Å². The van der Waals surface area contributed by atoms with Gasteiger partial charge in [0.05, 0.1) is 7.11 Å². The normalized spacial score (nSPS) is 10.5. The number of aryl methyl sites for hydroxylation is 1. The second-order valence-electron chi connectivity index (χ2n) is 4.58. The SMILES string of the molecule is COc1ncc(CCC(=O)NCCCN(C)C)cn1. The zero-order valence-electron chi connectivity index (χ0n) is 11.8. The van der Waals surface area contributed by atoms with Crippen LogP contribution >= 0.6 is 0 Å². The van der Waals surface area contributed by atoms with E-state index in [9.17, 15) is 4.79 Å². The first kappa shape index (κ1) is 15.4. The van der Waals surface area contributed by atoms with E-state index in [-0.39, 0.29) is 5.91 Å². The van der Waals surface area contributed by atoms with Crippen molar-refractivity contribution in [2.24, 2.45) is 0 Å².